The molecule has 0 aromatic heterocycles. The number of hydrogen-bond acceptors (Lipinski definition) is 3. The van der Waals surface area contributed by atoms with Crippen LogP contribution >= 0.6 is 11.6 Å². The highest BCUT2D eigenvalue weighted by Gasteiger charge is 2.44. The quantitative estimate of drug-likeness (QED) is 0.570. The van der Waals surface area contributed by atoms with Gasteiger partial charge in [0.1, 0.15) is 6.04 Å². The molecule has 0 fully saturated rings. The maximum Gasteiger partial charge on any atom is 0.405 e. The van der Waals surface area contributed by atoms with Gasteiger partial charge in [0.25, 0.3) is 0 Å². The number of esters is 1. The first kappa shape index (κ1) is 12.5. The number of alkyl halides is 4. The number of carbonyl (C=O) groups excluding carboxylic acids is 1. The van der Waals surface area contributed by atoms with Crippen LogP contribution in [0, 0.1) is 0 Å². The highest BCUT2D eigenvalue weighted by atomic mass is 35.5. The van der Waals surface area contributed by atoms with E-state index < -0.39 is 23.6 Å². The smallest absolute Gasteiger partial charge is 0.405 e. The third kappa shape index (κ3) is 3.82. The molecule has 2 atom stereocenters. The van der Waals surface area contributed by atoms with Gasteiger partial charge >= 0.3 is 12.1 Å². The van der Waals surface area contributed by atoms with Crippen molar-refractivity contribution in [3.63, 3.8) is 0 Å². The summed E-state index contributed by atoms with van der Waals surface area (Å²) in [6, 6.07) is -2.40. The molecule has 0 bridgehead atoms. The van der Waals surface area contributed by atoms with E-state index in [1.165, 1.54) is 6.92 Å². The van der Waals surface area contributed by atoms with Crippen molar-refractivity contribution in [2.24, 2.45) is 5.73 Å². The van der Waals surface area contributed by atoms with Crippen molar-refractivity contribution >= 4 is 17.6 Å². The van der Waals surface area contributed by atoms with Gasteiger partial charge in [0.05, 0.1) is 6.61 Å². The minimum absolute atomic E-state index is 0.0351. The Kier molecular flexibility index (Phi) is 4.49. The summed E-state index contributed by atoms with van der Waals surface area (Å²) in [7, 11) is 0. The van der Waals surface area contributed by atoms with Gasteiger partial charge in [-0.3, -0.25) is 4.79 Å². The first-order chi connectivity index (χ1) is 5.80. The fourth-order valence-corrected chi connectivity index (χ4v) is 0.740. The second-order valence-corrected chi connectivity index (χ2v) is 2.69. The molecule has 78 valence electrons. The van der Waals surface area contributed by atoms with Crippen LogP contribution < -0.4 is 5.73 Å². The van der Waals surface area contributed by atoms with Gasteiger partial charge in [-0.25, -0.2) is 0 Å². The largest absolute Gasteiger partial charge is 0.465 e. The summed E-state index contributed by atoms with van der Waals surface area (Å²) in [5.74, 6) is -1.16. The number of carbonyl (C=O) groups is 1. The van der Waals surface area contributed by atoms with E-state index in [0.29, 0.717) is 0 Å². The highest BCUT2D eigenvalue weighted by molar-refractivity contribution is 6.30. The van der Waals surface area contributed by atoms with E-state index in [-0.39, 0.29) is 6.61 Å². The van der Waals surface area contributed by atoms with Crippen molar-refractivity contribution in [1.82, 2.24) is 0 Å². The second kappa shape index (κ2) is 4.66. The Morgan fingerprint density at radius 3 is 2.38 bits per heavy atom. The molecular formula is C6H9ClF3NO2. The van der Waals surface area contributed by atoms with E-state index in [1.807, 2.05) is 0 Å². The van der Waals surface area contributed by atoms with Crippen molar-refractivity contribution in [2.75, 3.05) is 6.61 Å². The van der Waals surface area contributed by atoms with Crippen LogP contribution in [-0.2, 0) is 9.53 Å². The lowest BCUT2D eigenvalue weighted by Gasteiger charge is -2.18. The number of rotatable bonds is 3. The van der Waals surface area contributed by atoms with Gasteiger partial charge in [-0.2, -0.15) is 13.2 Å². The lowest BCUT2D eigenvalue weighted by Crippen LogP contribution is -2.48. The van der Waals surface area contributed by atoms with Crippen molar-refractivity contribution in [2.45, 2.75) is 24.5 Å². The van der Waals surface area contributed by atoms with E-state index in [1.54, 1.807) is 0 Å². The highest BCUT2D eigenvalue weighted by Crippen LogP contribution is 2.23. The molecule has 0 aliphatic rings. The lowest BCUT2D eigenvalue weighted by atomic mass is 10.2. The fraction of sp³-hybridized carbons (Fsp3) is 0.833. The molecule has 0 amide bonds. The average molecular weight is 220 g/mol. The summed E-state index contributed by atoms with van der Waals surface area (Å²) in [6.07, 6.45) is -4.70. The first-order valence-electron chi connectivity index (χ1n) is 3.43. The molecule has 0 saturated heterocycles. The lowest BCUT2D eigenvalue weighted by molar-refractivity contribution is -0.162. The number of hydrogen-bond donors (Lipinski definition) is 1. The SMILES string of the molecule is CCOC(=O)[C@H](Cl)[C@H](N)C(F)(F)F. The molecule has 0 unspecified atom stereocenters. The summed E-state index contributed by atoms with van der Waals surface area (Å²) in [4.78, 5) is 10.7. The Bertz CT molecular complexity index is 185. The van der Waals surface area contributed by atoms with Gasteiger partial charge in [-0.05, 0) is 6.92 Å². The molecule has 13 heavy (non-hydrogen) atoms. The van der Waals surface area contributed by atoms with Crippen LogP contribution in [0.5, 0.6) is 0 Å². The molecule has 0 heterocycles. The molecule has 0 saturated carbocycles. The topological polar surface area (TPSA) is 52.3 Å². The van der Waals surface area contributed by atoms with Crippen LogP contribution in [0.3, 0.4) is 0 Å². The average Bonchev–Trinajstić information content (AvgIpc) is 2.00. The van der Waals surface area contributed by atoms with Crippen molar-refractivity contribution in [3.05, 3.63) is 0 Å². The normalized spacial score (nSPS) is 16.5. The van der Waals surface area contributed by atoms with Crippen LogP contribution in [0.4, 0.5) is 13.2 Å². The monoisotopic (exact) mass is 219 g/mol. The van der Waals surface area contributed by atoms with E-state index in [0.717, 1.165) is 0 Å². The Balaban J connectivity index is 4.25. The summed E-state index contributed by atoms with van der Waals surface area (Å²) in [5.41, 5.74) is 4.67. The maximum absolute atomic E-state index is 11.9. The maximum atomic E-state index is 11.9. The molecule has 0 aliphatic heterocycles. The predicted molar refractivity (Wildman–Crippen MR) is 40.3 cm³/mol. The van der Waals surface area contributed by atoms with Gasteiger partial charge < -0.3 is 10.5 Å². The van der Waals surface area contributed by atoms with Crippen LogP contribution in [0.15, 0.2) is 0 Å². The van der Waals surface area contributed by atoms with Crippen LogP contribution in [0.25, 0.3) is 0 Å². The predicted octanol–water partition coefficient (Wildman–Crippen LogP) is 1.05. The Morgan fingerprint density at radius 2 is 2.08 bits per heavy atom. The zero-order valence-corrected chi connectivity index (χ0v) is 7.52. The summed E-state index contributed by atoms with van der Waals surface area (Å²) < 4.78 is 39.9. The molecular weight excluding hydrogens is 211 g/mol. The Morgan fingerprint density at radius 1 is 1.62 bits per heavy atom. The summed E-state index contributed by atoms with van der Waals surface area (Å²) >= 11 is 5.13. The molecule has 0 aliphatic carbocycles. The van der Waals surface area contributed by atoms with E-state index in [9.17, 15) is 18.0 Å². The first-order valence-corrected chi connectivity index (χ1v) is 3.87. The molecule has 0 aromatic rings. The minimum atomic E-state index is -4.70. The van der Waals surface area contributed by atoms with Gasteiger partial charge in [-0.15, -0.1) is 11.6 Å². The van der Waals surface area contributed by atoms with Crippen molar-refractivity contribution in [1.29, 1.82) is 0 Å². The van der Waals surface area contributed by atoms with E-state index in [4.69, 9.17) is 11.6 Å². The molecule has 0 aromatic carbocycles. The zero-order chi connectivity index (χ0) is 10.6. The second-order valence-electron chi connectivity index (χ2n) is 2.22. The van der Waals surface area contributed by atoms with Gasteiger partial charge in [-0.1, -0.05) is 0 Å². The minimum Gasteiger partial charge on any atom is -0.465 e. The molecule has 0 radical (unpaired) electrons. The zero-order valence-electron chi connectivity index (χ0n) is 6.77. The van der Waals surface area contributed by atoms with E-state index in [2.05, 4.69) is 10.5 Å². The van der Waals surface area contributed by atoms with Crippen molar-refractivity contribution in [3.8, 4) is 0 Å². The van der Waals surface area contributed by atoms with Gasteiger partial charge in [0, 0.05) is 0 Å². The van der Waals surface area contributed by atoms with E-state index >= 15 is 0 Å². The van der Waals surface area contributed by atoms with Crippen LogP contribution in [0.1, 0.15) is 6.92 Å². The standard InChI is InChI=1S/C6H9ClF3NO2/c1-2-13-5(12)3(7)4(11)6(8,9)10/h3-4H,2,11H2,1H3/t3-,4+/m1/s1. The third-order valence-electron chi connectivity index (χ3n) is 1.21. The molecule has 0 rings (SSSR count). The molecule has 0 spiro atoms. The molecule has 3 nitrogen and oxygen atoms in total. The summed E-state index contributed by atoms with van der Waals surface area (Å²) in [5, 5.41) is -1.89. The Labute approximate surface area is 78.0 Å². The molecule has 2 N–H and O–H groups in total. The number of nitrogens with two attached hydrogens (primary N) is 1. The Hall–Kier alpha value is -0.490. The van der Waals surface area contributed by atoms with Crippen LogP contribution in [0.2, 0.25) is 0 Å². The molecule has 7 heteroatoms. The van der Waals surface area contributed by atoms with Crippen LogP contribution in [-0.4, -0.2) is 30.2 Å². The number of halogens is 4. The number of ether oxygens (including phenoxy) is 1. The fourth-order valence-electron chi connectivity index (χ4n) is 0.534. The van der Waals surface area contributed by atoms with Gasteiger partial charge in [0.2, 0.25) is 0 Å². The van der Waals surface area contributed by atoms with Crippen molar-refractivity contribution < 1.29 is 22.7 Å². The van der Waals surface area contributed by atoms with Gasteiger partial charge in [0.15, 0.2) is 5.38 Å². The third-order valence-corrected chi connectivity index (χ3v) is 1.65. The summed E-state index contributed by atoms with van der Waals surface area (Å²) in [6.45, 7) is 1.42.